The Labute approximate surface area is 119 Å². The molecule has 104 valence electrons. The van der Waals surface area contributed by atoms with E-state index in [9.17, 15) is 10.1 Å². The van der Waals surface area contributed by atoms with Crippen LogP contribution in [0.3, 0.4) is 0 Å². The summed E-state index contributed by atoms with van der Waals surface area (Å²) in [4.78, 5) is 18.2. The Morgan fingerprint density at radius 2 is 2.25 bits per heavy atom. The number of hydrogen-bond acceptors (Lipinski definition) is 6. The summed E-state index contributed by atoms with van der Waals surface area (Å²) in [5.41, 5.74) is -0.102. The first-order valence-corrected chi connectivity index (χ1v) is 6.15. The van der Waals surface area contributed by atoms with E-state index in [1.807, 2.05) is 6.92 Å². The van der Waals surface area contributed by atoms with Crippen LogP contribution in [-0.4, -0.2) is 21.4 Å². The van der Waals surface area contributed by atoms with Crippen molar-refractivity contribution in [3.8, 4) is 11.6 Å². The van der Waals surface area contributed by atoms with Gasteiger partial charge in [-0.25, -0.2) is 0 Å². The van der Waals surface area contributed by atoms with Gasteiger partial charge in [0.15, 0.2) is 0 Å². The first kappa shape index (κ1) is 14.0. The van der Waals surface area contributed by atoms with E-state index in [0.717, 1.165) is 0 Å². The van der Waals surface area contributed by atoms with Gasteiger partial charge in [-0.1, -0.05) is 11.6 Å². The molecule has 20 heavy (non-hydrogen) atoms. The second kappa shape index (κ2) is 6.16. The Hall–Kier alpha value is -2.41. The summed E-state index contributed by atoms with van der Waals surface area (Å²) in [6.07, 6.45) is 2.99. The second-order valence-electron chi connectivity index (χ2n) is 3.75. The number of benzene rings is 1. The van der Waals surface area contributed by atoms with Crippen LogP contribution in [0.5, 0.6) is 11.6 Å². The fourth-order valence-electron chi connectivity index (χ4n) is 1.46. The normalized spacial score (nSPS) is 10.1. The fourth-order valence-corrected chi connectivity index (χ4v) is 1.68. The SMILES string of the molecule is CCNc1cncc(Oc2ccc([N+](=O)[O-])cc2Cl)n1. The molecule has 2 aromatic rings. The minimum atomic E-state index is -0.527. The highest BCUT2D eigenvalue weighted by atomic mass is 35.5. The van der Waals surface area contributed by atoms with Crippen molar-refractivity contribution in [1.82, 2.24) is 9.97 Å². The number of nitrogens with zero attached hydrogens (tertiary/aromatic N) is 3. The van der Waals surface area contributed by atoms with Gasteiger partial charge in [-0.05, 0) is 13.0 Å². The summed E-state index contributed by atoms with van der Waals surface area (Å²) in [5, 5.41) is 13.7. The average molecular weight is 295 g/mol. The van der Waals surface area contributed by atoms with Gasteiger partial charge in [0.05, 0.1) is 22.3 Å². The first-order chi connectivity index (χ1) is 9.60. The molecule has 0 atom stereocenters. The summed E-state index contributed by atoms with van der Waals surface area (Å²) in [7, 11) is 0. The highest BCUT2D eigenvalue weighted by Gasteiger charge is 2.11. The number of nitrogens with one attached hydrogen (secondary N) is 1. The van der Waals surface area contributed by atoms with Crippen LogP contribution in [0.15, 0.2) is 30.6 Å². The van der Waals surface area contributed by atoms with E-state index in [1.165, 1.54) is 24.4 Å². The molecular formula is C12H11ClN4O3. The standard InChI is InChI=1S/C12H11ClN4O3/c1-2-15-11-6-14-7-12(16-11)20-10-4-3-8(17(18)19)5-9(10)13/h3-7H,2H2,1H3,(H,15,16). The van der Waals surface area contributed by atoms with E-state index in [1.54, 1.807) is 6.20 Å². The minimum Gasteiger partial charge on any atom is -0.436 e. The maximum absolute atomic E-state index is 10.6. The van der Waals surface area contributed by atoms with Crippen molar-refractivity contribution in [1.29, 1.82) is 0 Å². The lowest BCUT2D eigenvalue weighted by Gasteiger charge is -2.07. The van der Waals surface area contributed by atoms with Gasteiger partial charge in [-0.3, -0.25) is 15.1 Å². The predicted molar refractivity (Wildman–Crippen MR) is 74.4 cm³/mol. The van der Waals surface area contributed by atoms with Crippen LogP contribution in [0.4, 0.5) is 11.5 Å². The number of nitro groups is 1. The summed E-state index contributed by atoms with van der Waals surface area (Å²) in [6, 6.07) is 3.95. The number of hydrogen-bond donors (Lipinski definition) is 1. The lowest BCUT2D eigenvalue weighted by molar-refractivity contribution is -0.384. The van der Waals surface area contributed by atoms with E-state index >= 15 is 0 Å². The Balaban J connectivity index is 2.21. The van der Waals surface area contributed by atoms with Gasteiger partial charge in [-0.2, -0.15) is 4.98 Å². The van der Waals surface area contributed by atoms with Crippen molar-refractivity contribution in [2.45, 2.75) is 6.92 Å². The van der Waals surface area contributed by atoms with Gasteiger partial charge in [-0.15, -0.1) is 0 Å². The van der Waals surface area contributed by atoms with Crippen molar-refractivity contribution < 1.29 is 9.66 Å². The van der Waals surface area contributed by atoms with Crippen LogP contribution in [0.25, 0.3) is 0 Å². The number of halogens is 1. The zero-order chi connectivity index (χ0) is 14.5. The molecule has 0 bridgehead atoms. The van der Waals surface area contributed by atoms with Crippen molar-refractivity contribution in [2.24, 2.45) is 0 Å². The minimum absolute atomic E-state index is 0.102. The molecule has 0 aliphatic carbocycles. The second-order valence-corrected chi connectivity index (χ2v) is 4.15. The third-order valence-corrected chi connectivity index (χ3v) is 2.61. The van der Waals surface area contributed by atoms with E-state index < -0.39 is 4.92 Å². The molecule has 0 aliphatic heterocycles. The number of anilines is 1. The topological polar surface area (TPSA) is 90.2 Å². The van der Waals surface area contributed by atoms with Gasteiger partial charge in [0, 0.05) is 18.7 Å². The van der Waals surface area contributed by atoms with Gasteiger partial charge < -0.3 is 10.1 Å². The van der Waals surface area contributed by atoms with Crippen molar-refractivity contribution in [3.63, 3.8) is 0 Å². The predicted octanol–water partition coefficient (Wildman–Crippen LogP) is 3.26. The lowest BCUT2D eigenvalue weighted by Crippen LogP contribution is -2.00. The summed E-state index contributed by atoms with van der Waals surface area (Å²) >= 11 is 5.93. The maximum atomic E-state index is 10.6. The van der Waals surface area contributed by atoms with Crippen molar-refractivity contribution in [3.05, 3.63) is 45.7 Å². The molecule has 0 fully saturated rings. The van der Waals surface area contributed by atoms with Crippen LogP contribution in [0.2, 0.25) is 5.02 Å². The molecule has 1 N–H and O–H groups in total. The molecule has 0 spiro atoms. The molecule has 2 rings (SSSR count). The Bertz CT molecular complexity index is 636. The van der Waals surface area contributed by atoms with Crippen LogP contribution in [0.1, 0.15) is 6.92 Å². The third-order valence-electron chi connectivity index (χ3n) is 2.31. The molecule has 1 heterocycles. The molecule has 0 amide bonds. The fraction of sp³-hybridized carbons (Fsp3) is 0.167. The number of non-ortho nitro benzene ring substituents is 1. The molecule has 0 radical (unpaired) electrons. The highest BCUT2D eigenvalue weighted by Crippen LogP contribution is 2.31. The number of aromatic nitrogens is 2. The van der Waals surface area contributed by atoms with Crippen LogP contribution in [0, 0.1) is 10.1 Å². The van der Waals surface area contributed by atoms with Crippen molar-refractivity contribution in [2.75, 3.05) is 11.9 Å². The monoisotopic (exact) mass is 294 g/mol. The average Bonchev–Trinajstić information content (AvgIpc) is 2.42. The maximum Gasteiger partial charge on any atom is 0.271 e. The zero-order valence-corrected chi connectivity index (χ0v) is 11.3. The van der Waals surface area contributed by atoms with Gasteiger partial charge in [0.1, 0.15) is 11.6 Å². The van der Waals surface area contributed by atoms with Gasteiger partial charge in [0.25, 0.3) is 5.69 Å². The van der Waals surface area contributed by atoms with Crippen LogP contribution >= 0.6 is 11.6 Å². The molecule has 8 heteroatoms. The van der Waals surface area contributed by atoms with Gasteiger partial charge in [0.2, 0.25) is 5.88 Å². The summed E-state index contributed by atoms with van der Waals surface area (Å²) < 4.78 is 5.46. The number of nitro benzene ring substituents is 1. The van der Waals surface area contributed by atoms with E-state index in [4.69, 9.17) is 16.3 Å². The largest absolute Gasteiger partial charge is 0.436 e. The van der Waals surface area contributed by atoms with Gasteiger partial charge >= 0.3 is 0 Å². The van der Waals surface area contributed by atoms with Crippen LogP contribution in [-0.2, 0) is 0 Å². The first-order valence-electron chi connectivity index (χ1n) is 5.78. The number of ether oxygens (including phenoxy) is 1. The van der Waals surface area contributed by atoms with Crippen LogP contribution < -0.4 is 10.1 Å². The molecule has 1 aromatic heterocycles. The zero-order valence-electron chi connectivity index (χ0n) is 10.5. The molecule has 0 saturated heterocycles. The third kappa shape index (κ3) is 3.33. The Morgan fingerprint density at radius 1 is 1.45 bits per heavy atom. The highest BCUT2D eigenvalue weighted by molar-refractivity contribution is 6.32. The molecule has 7 nitrogen and oxygen atoms in total. The van der Waals surface area contributed by atoms with Crippen molar-refractivity contribution >= 4 is 23.1 Å². The summed E-state index contributed by atoms with van der Waals surface area (Å²) in [5.74, 6) is 1.10. The van der Waals surface area contributed by atoms with E-state index in [-0.39, 0.29) is 22.3 Å². The Kier molecular flexibility index (Phi) is 4.31. The Morgan fingerprint density at radius 3 is 2.90 bits per heavy atom. The van der Waals surface area contributed by atoms with E-state index in [0.29, 0.717) is 12.4 Å². The summed E-state index contributed by atoms with van der Waals surface area (Å²) in [6.45, 7) is 2.64. The quantitative estimate of drug-likeness (QED) is 0.672. The molecule has 0 saturated carbocycles. The van der Waals surface area contributed by atoms with E-state index in [2.05, 4.69) is 15.3 Å². The molecule has 0 unspecified atom stereocenters. The molecule has 1 aromatic carbocycles. The molecule has 0 aliphatic rings. The lowest BCUT2D eigenvalue weighted by atomic mass is 10.3. The molecular weight excluding hydrogens is 284 g/mol. The number of rotatable bonds is 5. The smallest absolute Gasteiger partial charge is 0.271 e.